The molecule has 5 nitrogen and oxygen atoms in total. The first-order valence-electron chi connectivity index (χ1n) is 7.91. The number of carbonyl (C=O) groups is 1. The molecule has 2 aromatic rings. The Morgan fingerprint density at radius 2 is 2.08 bits per heavy atom. The fraction of sp³-hybridized carbons (Fsp3) is 0.412. The fourth-order valence-electron chi connectivity index (χ4n) is 2.66. The largest absolute Gasteiger partial charge is 0.481 e. The first-order chi connectivity index (χ1) is 11.5. The van der Waals surface area contributed by atoms with Crippen LogP contribution in [0.4, 0.5) is 9.52 Å². The highest BCUT2D eigenvalue weighted by atomic mass is 32.1. The van der Waals surface area contributed by atoms with Gasteiger partial charge < -0.3 is 14.5 Å². The summed E-state index contributed by atoms with van der Waals surface area (Å²) < 4.78 is 18.8. The number of thiazole rings is 1. The summed E-state index contributed by atoms with van der Waals surface area (Å²) >= 11 is 1.63. The summed E-state index contributed by atoms with van der Waals surface area (Å²) in [5.74, 6) is -0.0820. The second kappa shape index (κ2) is 7.17. The van der Waals surface area contributed by atoms with Crippen LogP contribution in [0.15, 0.2) is 29.6 Å². The van der Waals surface area contributed by atoms with E-state index in [0.717, 1.165) is 23.9 Å². The number of hydrogen-bond acceptors (Lipinski definition) is 5. The van der Waals surface area contributed by atoms with Gasteiger partial charge in [-0.3, -0.25) is 4.79 Å². The predicted octanol–water partition coefficient (Wildman–Crippen LogP) is 2.71. The molecule has 0 radical (unpaired) electrons. The molecule has 2 heterocycles. The third kappa shape index (κ3) is 3.84. The van der Waals surface area contributed by atoms with Gasteiger partial charge in [0.15, 0.2) is 11.2 Å². The molecule has 0 saturated carbocycles. The van der Waals surface area contributed by atoms with Gasteiger partial charge in [-0.05, 0) is 26.0 Å². The number of piperazine rings is 1. The fourth-order valence-corrected chi connectivity index (χ4v) is 3.51. The van der Waals surface area contributed by atoms with Gasteiger partial charge >= 0.3 is 0 Å². The second-order valence-electron chi connectivity index (χ2n) is 5.80. The van der Waals surface area contributed by atoms with Crippen LogP contribution in [-0.4, -0.2) is 48.1 Å². The van der Waals surface area contributed by atoms with E-state index in [0.29, 0.717) is 18.8 Å². The molecule has 1 aliphatic rings. The summed E-state index contributed by atoms with van der Waals surface area (Å²) in [4.78, 5) is 21.0. The predicted molar refractivity (Wildman–Crippen MR) is 92.1 cm³/mol. The molecular weight excluding hydrogens is 329 g/mol. The van der Waals surface area contributed by atoms with Crippen LogP contribution in [0.5, 0.6) is 5.75 Å². The van der Waals surface area contributed by atoms with Crippen molar-refractivity contribution in [2.24, 2.45) is 0 Å². The maximum absolute atomic E-state index is 13.2. The van der Waals surface area contributed by atoms with Crippen LogP contribution in [-0.2, 0) is 4.79 Å². The van der Waals surface area contributed by atoms with Crippen LogP contribution in [0, 0.1) is 12.7 Å². The first-order valence-corrected chi connectivity index (χ1v) is 8.79. The van der Waals surface area contributed by atoms with Crippen molar-refractivity contribution in [1.82, 2.24) is 9.88 Å². The van der Waals surface area contributed by atoms with Crippen molar-refractivity contribution in [3.8, 4) is 5.75 Å². The van der Waals surface area contributed by atoms with Crippen molar-refractivity contribution < 1.29 is 13.9 Å². The van der Waals surface area contributed by atoms with Crippen molar-refractivity contribution in [1.29, 1.82) is 0 Å². The van der Waals surface area contributed by atoms with Crippen LogP contribution < -0.4 is 9.64 Å². The van der Waals surface area contributed by atoms with E-state index in [2.05, 4.69) is 9.88 Å². The van der Waals surface area contributed by atoms with Crippen LogP contribution in [0.3, 0.4) is 0 Å². The van der Waals surface area contributed by atoms with E-state index >= 15 is 0 Å². The molecule has 1 unspecified atom stereocenters. The van der Waals surface area contributed by atoms with Crippen LogP contribution in [0.25, 0.3) is 0 Å². The zero-order valence-corrected chi connectivity index (χ0v) is 14.6. The lowest BCUT2D eigenvalue weighted by atomic mass is 10.2. The van der Waals surface area contributed by atoms with Gasteiger partial charge in [0.05, 0.1) is 5.69 Å². The molecule has 1 saturated heterocycles. The highest BCUT2D eigenvalue weighted by Crippen LogP contribution is 2.22. The summed E-state index contributed by atoms with van der Waals surface area (Å²) in [5.41, 5.74) is 1.02. The molecule has 1 aromatic heterocycles. The number of aromatic nitrogens is 1. The minimum absolute atomic E-state index is 0.0748. The van der Waals surface area contributed by atoms with Gasteiger partial charge in [-0.1, -0.05) is 6.07 Å². The molecule has 1 fully saturated rings. The van der Waals surface area contributed by atoms with E-state index in [1.165, 1.54) is 12.1 Å². The Kier molecular flexibility index (Phi) is 4.99. The van der Waals surface area contributed by atoms with Gasteiger partial charge in [0.25, 0.3) is 5.91 Å². The van der Waals surface area contributed by atoms with E-state index < -0.39 is 6.10 Å². The van der Waals surface area contributed by atoms with Crippen molar-refractivity contribution in [2.75, 3.05) is 31.1 Å². The first kappa shape index (κ1) is 16.7. The highest BCUT2D eigenvalue weighted by molar-refractivity contribution is 7.13. The Labute approximate surface area is 144 Å². The summed E-state index contributed by atoms with van der Waals surface area (Å²) in [6, 6.07) is 5.84. The number of halogens is 1. The smallest absolute Gasteiger partial charge is 0.263 e. The Bertz CT molecular complexity index is 713. The minimum atomic E-state index is -0.638. The standard InChI is InChI=1S/C17H20FN3O2S/c1-12-11-24-17(19-12)21-8-6-20(7-9-21)16(22)13(2)23-15-5-3-4-14(18)10-15/h3-5,10-11,13H,6-9H2,1-2H3. The number of benzene rings is 1. The molecule has 24 heavy (non-hydrogen) atoms. The molecule has 1 amide bonds. The number of hydrogen-bond donors (Lipinski definition) is 0. The number of rotatable bonds is 4. The molecule has 1 aliphatic heterocycles. The summed E-state index contributed by atoms with van der Waals surface area (Å²) in [7, 11) is 0. The van der Waals surface area contributed by atoms with Gasteiger partial charge in [0.2, 0.25) is 0 Å². The van der Waals surface area contributed by atoms with Gasteiger partial charge in [0.1, 0.15) is 11.6 Å². The SMILES string of the molecule is Cc1csc(N2CCN(C(=O)C(C)Oc3cccc(F)c3)CC2)n1. The quantitative estimate of drug-likeness (QED) is 0.851. The lowest BCUT2D eigenvalue weighted by Gasteiger charge is -2.35. The maximum Gasteiger partial charge on any atom is 0.263 e. The maximum atomic E-state index is 13.2. The third-order valence-corrected chi connectivity index (χ3v) is 4.94. The Morgan fingerprint density at radius 3 is 2.71 bits per heavy atom. The summed E-state index contributed by atoms with van der Waals surface area (Å²) in [6.45, 7) is 6.45. The van der Waals surface area contributed by atoms with E-state index in [1.54, 1.807) is 35.3 Å². The van der Waals surface area contributed by atoms with Gasteiger partial charge in [-0.25, -0.2) is 9.37 Å². The summed E-state index contributed by atoms with van der Waals surface area (Å²) in [6.07, 6.45) is -0.638. The third-order valence-electron chi connectivity index (χ3n) is 3.93. The van der Waals surface area contributed by atoms with E-state index in [-0.39, 0.29) is 11.7 Å². The molecule has 0 aliphatic carbocycles. The molecular formula is C17H20FN3O2S. The molecule has 0 N–H and O–H groups in total. The zero-order valence-electron chi connectivity index (χ0n) is 13.7. The number of nitrogens with zero attached hydrogens (tertiary/aromatic N) is 3. The van der Waals surface area contributed by atoms with Gasteiger partial charge in [-0.15, -0.1) is 11.3 Å². The van der Waals surface area contributed by atoms with Crippen molar-refractivity contribution in [3.05, 3.63) is 41.2 Å². The second-order valence-corrected chi connectivity index (χ2v) is 6.64. The highest BCUT2D eigenvalue weighted by Gasteiger charge is 2.27. The Balaban J connectivity index is 1.54. The average molecular weight is 349 g/mol. The minimum Gasteiger partial charge on any atom is -0.481 e. The number of ether oxygens (including phenoxy) is 1. The molecule has 0 bridgehead atoms. The van der Waals surface area contributed by atoms with E-state index in [9.17, 15) is 9.18 Å². The lowest BCUT2D eigenvalue weighted by molar-refractivity contribution is -0.138. The van der Waals surface area contributed by atoms with E-state index in [4.69, 9.17) is 4.74 Å². The van der Waals surface area contributed by atoms with Crippen molar-refractivity contribution in [3.63, 3.8) is 0 Å². The Hall–Kier alpha value is -2.15. The number of anilines is 1. The van der Waals surface area contributed by atoms with Crippen molar-refractivity contribution in [2.45, 2.75) is 20.0 Å². The zero-order chi connectivity index (χ0) is 17.1. The average Bonchev–Trinajstić information content (AvgIpc) is 3.01. The van der Waals surface area contributed by atoms with E-state index in [1.807, 2.05) is 12.3 Å². The van der Waals surface area contributed by atoms with Crippen LogP contribution >= 0.6 is 11.3 Å². The lowest BCUT2D eigenvalue weighted by Crippen LogP contribution is -2.52. The summed E-state index contributed by atoms with van der Waals surface area (Å²) in [5, 5.41) is 3.03. The van der Waals surface area contributed by atoms with Crippen molar-refractivity contribution >= 4 is 22.4 Å². The molecule has 7 heteroatoms. The molecule has 128 valence electrons. The topological polar surface area (TPSA) is 45.7 Å². The van der Waals surface area contributed by atoms with Gasteiger partial charge in [-0.2, -0.15) is 0 Å². The molecule has 0 spiro atoms. The molecule has 1 atom stereocenters. The molecule has 3 rings (SSSR count). The number of amides is 1. The van der Waals surface area contributed by atoms with Crippen LogP contribution in [0.2, 0.25) is 0 Å². The molecule has 1 aromatic carbocycles. The Morgan fingerprint density at radius 1 is 1.33 bits per heavy atom. The monoisotopic (exact) mass is 349 g/mol. The van der Waals surface area contributed by atoms with Crippen LogP contribution in [0.1, 0.15) is 12.6 Å². The number of aryl methyl sites for hydroxylation is 1. The van der Waals surface area contributed by atoms with Gasteiger partial charge in [0, 0.05) is 37.6 Å². The normalized spacial score (nSPS) is 16.1. The number of carbonyl (C=O) groups excluding carboxylic acids is 1.